The van der Waals surface area contributed by atoms with Gasteiger partial charge in [0.15, 0.2) is 0 Å². The van der Waals surface area contributed by atoms with E-state index in [-0.39, 0.29) is 38.7 Å². The Morgan fingerprint density at radius 1 is 0.833 bits per heavy atom. The number of hydrogen-bond acceptors (Lipinski definition) is 11. The molecule has 2 fully saturated rings. The first kappa shape index (κ1) is 36.5. The summed E-state index contributed by atoms with van der Waals surface area (Å²) in [5, 5.41) is 9.58. The first-order chi connectivity index (χ1) is 26.4. The number of carbonyl (C=O) groups excluding carboxylic acids is 4. The van der Waals surface area contributed by atoms with Crippen LogP contribution in [0.15, 0.2) is 122 Å². The van der Waals surface area contributed by atoms with Crippen molar-refractivity contribution >= 4 is 29.6 Å². The molecule has 1 N–H and O–H groups in total. The molecule has 2 saturated heterocycles. The Morgan fingerprint density at radius 3 is 2.22 bits per heavy atom. The minimum atomic E-state index is -1.95. The molecule has 6 unspecified atom stereocenters. The summed E-state index contributed by atoms with van der Waals surface area (Å²) >= 11 is 0. The Bertz CT molecular complexity index is 2020. The van der Waals surface area contributed by atoms with Gasteiger partial charge in [0, 0.05) is 7.11 Å². The van der Waals surface area contributed by atoms with Crippen LogP contribution in [-0.4, -0.2) is 80.1 Å². The number of aliphatic hydroxyl groups is 1. The van der Waals surface area contributed by atoms with E-state index in [1.54, 1.807) is 48.5 Å². The lowest BCUT2D eigenvalue weighted by molar-refractivity contribution is -0.180. The van der Waals surface area contributed by atoms with E-state index in [0.717, 1.165) is 10.5 Å². The van der Waals surface area contributed by atoms with Crippen LogP contribution in [0.5, 0.6) is 5.75 Å². The molecular formula is C42H40N2O10. The highest BCUT2D eigenvalue weighted by atomic mass is 16.6. The molecule has 7 rings (SSSR count). The molecule has 0 aromatic heterocycles. The zero-order valence-corrected chi connectivity index (χ0v) is 29.6. The number of nitrogens with zero attached hydrogens (tertiary/aromatic N) is 2. The Labute approximate surface area is 312 Å². The molecule has 0 aliphatic carbocycles. The highest BCUT2D eigenvalue weighted by Gasteiger charge is 2.76. The number of carbonyl (C=O) groups is 4. The zero-order valence-electron chi connectivity index (χ0n) is 29.6. The average Bonchev–Trinajstić information content (AvgIpc) is 3.66. The number of para-hydroxylation sites is 1. The monoisotopic (exact) mass is 732 g/mol. The molecule has 4 aromatic carbocycles. The van der Waals surface area contributed by atoms with Gasteiger partial charge < -0.3 is 28.8 Å². The zero-order chi connectivity index (χ0) is 37.8. The summed E-state index contributed by atoms with van der Waals surface area (Å²) in [7, 11) is 1.46. The summed E-state index contributed by atoms with van der Waals surface area (Å²) in [6.07, 6.45) is -0.444. The number of morpholine rings is 1. The van der Waals surface area contributed by atoms with E-state index in [1.807, 2.05) is 65.6 Å². The molecule has 0 radical (unpaired) electrons. The second-order valence-corrected chi connectivity index (χ2v) is 13.1. The number of anilines is 1. The van der Waals surface area contributed by atoms with Gasteiger partial charge in [-0.05, 0) is 40.5 Å². The van der Waals surface area contributed by atoms with Crippen LogP contribution in [0.3, 0.4) is 0 Å². The molecule has 3 aliphatic rings. The highest BCUT2D eigenvalue weighted by Crippen LogP contribution is 2.66. The van der Waals surface area contributed by atoms with E-state index in [0.29, 0.717) is 22.4 Å². The van der Waals surface area contributed by atoms with E-state index in [2.05, 4.69) is 6.58 Å². The van der Waals surface area contributed by atoms with Crippen LogP contribution in [0.2, 0.25) is 0 Å². The topological polar surface area (TPSA) is 141 Å². The highest BCUT2D eigenvalue weighted by molar-refractivity contribution is 6.23. The van der Waals surface area contributed by atoms with Crippen molar-refractivity contribution in [2.24, 2.45) is 5.92 Å². The average molecular weight is 733 g/mol. The molecule has 0 saturated carbocycles. The predicted octanol–water partition coefficient (Wildman–Crippen LogP) is 5.24. The van der Waals surface area contributed by atoms with Gasteiger partial charge in [0.05, 0.1) is 31.0 Å². The van der Waals surface area contributed by atoms with Crippen molar-refractivity contribution in [1.82, 2.24) is 4.90 Å². The van der Waals surface area contributed by atoms with Crippen molar-refractivity contribution in [3.63, 3.8) is 0 Å². The Balaban J connectivity index is 1.55. The second-order valence-electron chi connectivity index (χ2n) is 13.1. The number of aliphatic hydroxyl groups excluding tert-OH is 1. The molecule has 6 atom stereocenters. The van der Waals surface area contributed by atoms with E-state index < -0.39 is 59.5 Å². The van der Waals surface area contributed by atoms with Gasteiger partial charge in [-0.25, -0.2) is 9.69 Å². The van der Waals surface area contributed by atoms with E-state index in [1.165, 1.54) is 13.2 Å². The van der Waals surface area contributed by atoms with Gasteiger partial charge in [-0.3, -0.25) is 19.3 Å². The van der Waals surface area contributed by atoms with Crippen LogP contribution in [0.25, 0.3) is 0 Å². The second kappa shape index (κ2) is 15.7. The lowest BCUT2D eigenvalue weighted by Gasteiger charge is -2.46. The first-order valence-corrected chi connectivity index (χ1v) is 17.7. The quantitative estimate of drug-likeness (QED) is 0.0886. The molecular weight excluding hydrogens is 692 g/mol. The van der Waals surface area contributed by atoms with Crippen LogP contribution >= 0.6 is 0 Å². The number of imide groups is 1. The fraction of sp³-hybridized carbons (Fsp3) is 0.286. The maximum atomic E-state index is 15.7. The number of rotatable bonds is 12. The van der Waals surface area contributed by atoms with Crippen molar-refractivity contribution in [2.75, 3.05) is 45.0 Å². The Hall–Kier alpha value is -5.82. The van der Waals surface area contributed by atoms with Crippen LogP contribution < -0.4 is 9.64 Å². The van der Waals surface area contributed by atoms with Gasteiger partial charge in [0.25, 0.3) is 0 Å². The summed E-state index contributed by atoms with van der Waals surface area (Å²) in [5.74, 6) is -3.50. The summed E-state index contributed by atoms with van der Waals surface area (Å²) in [4.78, 5) is 61.9. The number of amides is 2. The third-order valence-corrected chi connectivity index (χ3v) is 10.2. The number of hydrogen-bond donors (Lipinski definition) is 1. The standard InChI is InChI=1S/C42H40N2O10/c1-3-22-52-38(46)33-35-39(47)54-36(28-15-8-5-9-16-28)34(27-13-6-4-7-14-27)44(35)37(29-17-12-18-30(26-29)51-23-21-45)42(33)31-19-10-11-20-32(31)43(40(42)48)41(49)53-25-24-50-2/h3-20,26,33-37,45H,1,21-25H2,2H3. The molecule has 3 aliphatic heterocycles. The van der Waals surface area contributed by atoms with E-state index in [4.69, 9.17) is 23.7 Å². The van der Waals surface area contributed by atoms with Crippen molar-refractivity contribution in [3.05, 3.63) is 144 Å². The first-order valence-electron chi connectivity index (χ1n) is 17.7. The van der Waals surface area contributed by atoms with Crippen LogP contribution in [-0.2, 0) is 38.7 Å². The number of cyclic esters (lactones) is 1. The maximum Gasteiger partial charge on any atom is 0.421 e. The Morgan fingerprint density at radius 2 is 1.52 bits per heavy atom. The smallest absolute Gasteiger partial charge is 0.421 e. The van der Waals surface area contributed by atoms with Crippen molar-refractivity contribution in [1.29, 1.82) is 0 Å². The molecule has 3 heterocycles. The minimum absolute atomic E-state index is 0.0000105. The van der Waals surface area contributed by atoms with Crippen molar-refractivity contribution < 1.29 is 48.0 Å². The number of fused-ring (bicyclic) bond motifs is 3. The van der Waals surface area contributed by atoms with Gasteiger partial charge in [-0.2, -0.15) is 0 Å². The molecule has 54 heavy (non-hydrogen) atoms. The van der Waals surface area contributed by atoms with Gasteiger partial charge in [-0.15, -0.1) is 0 Å². The van der Waals surface area contributed by atoms with E-state index >= 15 is 4.79 Å². The summed E-state index contributed by atoms with van der Waals surface area (Å²) < 4.78 is 28.6. The SMILES string of the molecule is C=CCOC(=O)C1C2C(=O)OC(c3ccccc3)C(c3ccccc3)N2C(c2cccc(OCCO)c2)C12C(=O)N(C(=O)OCCOC)c1ccccc12. The van der Waals surface area contributed by atoms with Crippen LogP contribution in [0.4, 0.5) is 10.5 Å². The summed E-state index contributed by atoms with van der Waals surface area (Å²) in [5.41, 5.74) is 0.545. The normalized spacial score (nSPS) is 24.4. The fourth-order valence-electron chi connectivity index (χ4n) is 8.25. The summed E-state index contributed by atoms with van der Waals surface area (Å²) in [6.45, 7) is 3.21. The van der Waals surface area contributed by atoms with Gasteiger partial charge in [0.2, 0.25) is 5.91 Å². The van der Waals surface area contributed by atoms with Gasteiger partial charge >= 0.3 is 18.0 Å². The molecule has 1 spiro atoms. The number of benzene rings is 4. The molecule has 12 heteroatoms. The maximum absolute atomic E-state index is 15.7. The van der Waals surface area contributed by atoms with Crippen molar-refractivity contribution in [3.8, 4) is 5.75 Å². The summed E-state index contributed by atoms with van der Waals surface area (Å²) in [6, 6.07) is 29.2. The third kappa shape index (κ3) is 6.11. The largest absolute Gasteiger partial charge is 0.491 e. The number of esters is 2. The van der Waals surface area contributed by atoms with Gasteiger partial charge in [-0.1, -0.05) is 104 Å². The number of ether oxygens (including phenoxy) is 5. The molecule has 4 aromatic rings. The van der Waals surface area contributed by atoms with Crippen LogP contribution in [0.1, 0.15) is 40.4 Å². The Kier molecular flexibility index (Phi) is 10.6. The molecule has 0 bridgehead atoms. The fourth-order valence-corrected chi connectivity index (χ4v) is 8.25. The molecule has 12 nitrogen and oxygen atoms in total. The van der Waals surface area contributed by atoms with Gasteiger partial charge in [0.1, 0.15) is 49.0 Å². The van der Waals surface area contributed by atoms with Crippen molar-refractivity contribution in [2.45, 2.75) is 29.6 Å². The lowest BCUT2D eigenvalue weighted by atomic mass is 9.65. The molecule has 2 amide bonds. The number of methoxy groups -OCH3 is 1. The van der Waals surface area contributed by atoms with E-state index in [9.17, 15) is 19.5 Å². The molecule has 278 valence electrons. The third-order valence-electron chi connectivity index (χ3n) is 10.2. The predicted molar refractivity (Wildman–Crippen MR) is 195 cm³/mol. The van der Waals surface area contributed by atoms with Crippen LogP contribution in [0, 0.1) is 5.92 Å². The minimum Gasteiger partial charge on any atom is -0.491 e. The lowest BCUT2D eigenvalue weighted by Crippen LogP contribution is -2.53.